The molecule has 0 aliphatic heterocycles. The zero-order valence-electron chi connectivity index (χ0n) is 11.8. The summed E-state index contributed by atoms with van der Waals surface area (Å²) in [5.41, 5.74) is 1.62. The fourth-order valence-electron chi connectivity index (χ4n) is 3.28. The second-order valence-electron chi connectivity index (χ2n) is 5.96. The second-order valence-corrected chi connectivity index (χ2v) is 6.79. The lowest BCUT2D eigenvalue weighted by Crippen LogP contribution is -2.43. The lowest BCUT2D eigenvalue weighted by Gasteiger charge is -2.31. The minimum Gasteiger partial charge on any atom is -0.322 e. The van der Waals surface area contributed by atoms with Crippen molar-refractivity contribution in [2.45, 2.75) is 32.7 Å². The number of allylic oxidation sites excluding steroid dienone is 2. The summed E-state index contributed by atoms with van der Waals surface area (Å²) in [6.07, 6.45) is 7.16. The van der Waals surface area contributed by atoms with Gasteiger partial charge in [0, 0.05) is 12.6 Å². The summed E-state index contributed by atoms with van der Waals surface area (Å²) >= 11 is 1.34. The van der Waals surface area contributed by atoms with E-state index in [4.69, 9.17) is 0 Å². The van der Waals surface area contributed by atoms with E-state index in [1.807, 2.05) is 4.90 Å². The third-order valence-corrected chi connectivity index (χ3v) is 4.91. The number of urea groups is 1. The fraction of sp³-hybridized carbons (Fsp3) is 0.643. The molecule has 0 saturated heterocycles. The summed E-state index contributed by atoms with van der Waals surface area (Å²) < 4.78 is 0. The van der Waals surface area contributed by atoms with Crippen LogP contribution in [-0.2, 0) is 0 Å². The first-order chi connectivity index (χ1) is 9.63. The fourth-order valence-corrected chi connectivity index (χ4v) is 3.71. The van der Waals surface area contributed by atoms with Crippen LogP contribution >= 0.6 is 11.3 Å². The zero-order chi connectivity index (χ0) is 14.1. The Morgan fingerprint density at radius 1 is 1.50 bits per heavy atom. The molecule has 3 rings (SSSR count). The van der Waals surface area contributed by atoms with Crippen LogP contribution < -0.4 is 5.32 Å². The molecule has 0 radical (unpaired) electrons. The molecule has 0 aromatic carbocycles. The predicted octanol–water partition coefficient (Wildman–Crippen LogP) is 2.99. The minimum atomic E-state index is -0.0662. The predicted molar refractivity (Wildman–Crippen MR) is 79.6 cm³/mol. The Bertz CT molecular complexity index is 499. The lowest BCUT2D eigenvalue weighted by atomic mass is 9.93. The van der Waals surface area contributed by atoms with Gasteiger partial charge < -0.3 is 4.90 Å². The van der Waals surface area contributed by atoms with Crippen LogP contribution in [0.2, 0.25) is 0 Å². The van der Waals surface area contributed by atoms with Crippen LogP contribution in [0.1, 0.15) is 26.7 Å². The van der Waals surface area contributed by atoms with Gasteiger partial charge in [0.25, 0.3) is 0 Å². The molecule has 3 unspecified atom stereocenters. The van der Waals surface area contributed by atoms with Crippen molar-refractivity contribution < 1.29 is 4.79 Å². The third kappa shape index (κ3) is 2.70. The number of rotatable bonds is 4. The van der Waals surface area contributed by atoms with Crippen molar-refractivity contribution in [3.63, 3.8) is 0 Å². The Kier molecular flexibility index (Phi) is 3.74. The van der Waals surface area contributed by atoms with Crippen molar-refractivity contribution in [1.29, 1.82) is 0 Å². The van der Waals surface area contributed by atoms with E-state index in [1.165, 1.54) is 24.2 Å². The molecule has 6 heteroatoms. The van der Waals surface area contributed by atoms with Crippen molar-refractivity contribution in [3.8, 4) is 0 Å². The number of carbonyl (C=O) groups excluding carboxylic acids is 1. The van der Waals surface area contributed by atoms with E-state index in [9.17, 15) is 4.79 Å². The monoisotopic (exact) mass is 292 g/mol. The van der Waals surface area contributed by atoms with Gasteiger partial charge in [0.15, 0.2) is 0 Å². The minimum absolute atomic E-state index is 0.0662. The Labute approximate surface area is 123 Å². The van der Waals surface area contributed by atoms with Crippen molar-refractivity contribution in [2.24, 2.45) is 17.8 Å². The Morgan fingerprint density at radius 2 is 2.35 bits per heavy atom. The van der Waals surface area contributed by atoms with E-state index >= 15 is 0 Å². The molecule has 3 atom stereocenters. The average molecular weight is 292 g/mol. The molecule has 2 bridgehead atoms. The van der Waals surface area contributed by atoms with Crippen molar-refractivity contribution >= 4 is 22.5 Å². The summed E-state index contributed by atoms with van der Waals surface area (Å²) in [6.45, 7) is 4.94. The Hall–Kier alpha value is -1.43. The number of hydrogen-bond acceptors (Lipinski definition) is 4. The van der Waals surface area contributed by atoms with Crippen LogP contribution in [0.5, 0.6) is 0 Å². The van der Waals surface area contributed by atoms with Gasteiger partial charge in [-0.3, -0.25) is 5.32 Å². The molecule has 1 N–H and O–H groups in total. The highest BCUT2D eigenvalue weighted by molar-refractivity contribution is 7.13. The quantitative estimate of drug-likeness (QED) is 0.868. The van der Waals surface area contributed by atoms with Gasteiger partial charge in [-0.2, -0.15) is 0 Å². The summed E-state index contributed by atoms with van der Waals surface area (Å²) in [7, 11) is 0. The van der Waals surface area contributed by atoms with Gasteiger partial charge >= 0.3 is 6.03 Å². The molecule has 1 saturated carbocycles. The van der Waals surface area contributed by atoms with E-state index in [0.717, 1.165) is 12.5 Å². The SMILES string of the molecule is CC(C)N(CC1CC2C=CC1C2)C(=O)Nc1nncs1. The van der Waals surface area contributed by atoms with E-state index in [0.29, 0.717) is 17.0 Å². The molecule has 1 fully saturated rings. The maximum atomic E-state index is 12.4. The smallest absolute Gasteiger partial charge is 0.322 e. The van der Waals surface area contributed by atoms with Crippen molar-refractivity contribution in [3.05, 3.63) is 17.7 Å². The molecular weight excluding hydrogens is 272 g/mol. The molecule has 2 aliphatic carbocycles. The molecule has 0 spiro atoms. The van der Waals surface area contributed by atoms with Crippen LogP contribution in [-0.4, -0.2) is 33.7 Å². The number of hydrogen-bond donors (Lipinski definition) is 1. The van der Waals surface area contributed by atoms with Crippen LogP contribution in [0.25, 0.3) is 0 Å². The standard InChI is InChI=1S/C14H20N4OS/c1-9(2)18(14(19)16-13-17-15-8-20-13)7-12-6-10-3-4-11(12)5-10/h3-4,8-12H,5-7H2,1-2H3,(H,16,17,19). The van der Waals surface area contributed by atoms with Gasteiger partial charge in [0.1, 0.15) is 5.51 Å². The number of anilines is 1. The maximum Gasteiger partial charge on any atom is 0.323 e. The number of carbonyl (C=O) groups is 1. The van der Waals surface area contributed by atoms with Gasteiger partial charge in [-0.1, -0.05) is 23.5 Å². The number of fused-ring (bicyclic) bond motifs is 2. The molecular formula is C14H20N4OS. The molecule has 1 heterocycles. The van der Waals surface area contributed by atoms with Gasteiger partial charge in [0.05, 0.1) is 0 Å². The first-order valence-electron chi connectivity index (χ1n) is 7.15. The van der Waals surface area contributed by atoms with Crippen LogP contribution in [0.4, 0.5) is 9.93 Å². The average Bonchev–Trinajstić information content (AvgIpc) is 3.12. The van der Waals surface area contributed by atoms with E-state index in [-0.39, 0.29) is 12.1 Å². The van der Waals surface area contributed by atoms with Gasteiger partial charge in [0.2, 0.25) is 5.13 Å². The van der Waals surface area contributed by atoms with Crippen LogP contribution in [0.3, 0.4) is 0 Å². The summed E-state index contributed by atoms with van der Waals surface area (Å²) in [5.74, 6) is 2.01. The molecule has 20 heavy (non-hydrogen) atoms. The van der Waals surface area contributed by atoms with Crippen LogP contribution in [0.15, 0.2) is 17.7 Å². The first-order valence-corrected chi connectivity index (χ1v) is 8.03. The summed E-state index contributed by atoms with van der Waals surface area (Å²) in [4.78, 5) is 14.3. The molecule has 108 valence electrons. The normalized spacial score (nSPS) is 27.2. The molecule has 5 nitrogen and oxygen atoms in total. The highest BCUT2D eigenvalue weighted by Crippen LogP contribution is 2.43. The van der Waals surface area contributed by atoms with Gasteiger partial charge in [-0.05, 0) is 44.4 Å². The molecule has 2 aliphatic rings. The first kappa shape index (κ1) is 13.5. The molecule has 2 amide bonds. The summed E-state index contributed by atoms with van der Waals surface area (Å²) in [6, 6.07) is 0.120. The number of aromatic nitrogens is 2. The summed E-state index contributed by atoms with van der Waals surface area (Å²) in [5, 5.41) is 11.0. The van der Waals surface area contributed by atoms with E-state index < -0.39 is 0 Å². The Balaban J connectivity index is 1.63. The highest BCUT2D eigenvalue weighted by Gasteiger charge is 2.37. The lowest BCUT2D eigenvalue weighted by molar-refractivity contribution is 0.178. The van der Waals surface area contributed by atoms with E-state index in [1.54, 1.807) is 5.51 Å². The van der Waals surface area contributed by atoms with Crippen LogP contribution in [0, 0.1) is 17.8 Å². The highest BCUT2D eigenvalue weighted by atomic mass is 32.1. The van der Waals surface area contributed by atoms with E-state index in [2.05, 4.69) is 41.5 Å². The second kappa shape index (κ2) is 5.52. The van der Waals surface area contributed by atoms with Crippen molar-refractivity contribution in [2.75, 3.05) is 11.9 Å². The Morgan fingerprint density at radius 3 is 2.90 bits per heavy atom. The maximum absolute atomic E-state index is 12.4. The molecule has 1 aromatic heterocycles. The van der Waals surface area contributed by atoms with Gasteiger partial charge in [-0.15, -0.1) is 10.2 Å². The number of nitrogens with one attached hydrogen (secondary N) is 1. The topological polar surface area (TPSA) is 58.1 Å². The number of nitrogens with zero attached hydrogens (tertiary/aromatic N) is 3. The van der Waals surface area contributed by atoms with Gasteiger partial charge in [-0.25, -0.2) is 4.79 Å². The third-order valence-electron chi connectivity index (χ3n) is 4.31. The number of amides is 2. The molecule has 1 aromatic rings. The van der Waals surface area contributed by atoms with Crippen molar-refractivity contribution in [1.82, 2.24) is 15.1 Å². The largest absolute Gasteiger partial charge is 0.323 e. The zero-order valence-corrected chi connectivity index (χ0v) is 12.6.